The number of aromatic nitrogens is 4. The monoisotopic (exact) mass is 419 g/mol. The van der Waals surface area contributed by atoms with E-state index in [1.165, 1.54) is 11.1 Å². The van der Waals surface area contributed by atoms with Gasteiger partial charge in [0.25, 0.3) is 0 Å². The highest BCUT2D eigenvalue weighted by molar-refractivity contribution is 5.96. The lowest BCUT2D eigenvalue weighted by Gasteiger charge is -2.38. The van der Waals surface area contributed by atoms with Crippen LogP contribution in [-0.2, 0) is 17.6 Å². The second-order valence-electron chi connectivity index (χ2n) is 8.43. The largest absolute Gasteiger partial charge is 0.339 e. The molecule has 0 spiro atoms. The number of likely N-dealkylation sites (tertiary alicyclic amines) is 1. The Morgan fingerprint density at radius 1 is 1.26 bits per heavy atom. The van der Waals surface area contributed by atoms with Crippen molar-refractivity contribution in [2.45, 2.75) is 51.5 Å². The Morgan fingerprint density at radius 2 is 2.10 bits per heavy atom. The first-order chi connectivity index (χ1) is 15.0. The zero-order valence-electron chi connectivity index (χ0n) is 17.7. The quantitative estimate of drug-likeness (QED) is 0.570. The molecule has 31 heavy (non-hydrogen) atoms. The number of amides is 1. The smallest absolute Gasteiger partial charge is 0.226 e. The second-order valence-corrected chi connectivity index (χ2v) is 8.43. The first-order valence-electron chi connectivity index (χ1n) is 10.8. The Morgan fingerprint density at radius 3 is 2.84 bits per heavy atom. The molecule has 8 heteroatoms. The summed E-state index contributed by atoms with van der Waals surface area (Å²) in [4.78, 5) is 30.4. The third-order valence-corrected chi connectivity index (χ3v) is 6.41. The first kappa shape index (κ1) is 19.7. The number of Topliss-reactive ketones (excluding diaryl/α,β-unsaturated/α-hetero) is 1. The number of benzene rings is 1. The zero-order chi connectivity index (χ0) is 21.5. The van der Waals surface area contributed by atoms with Crippen molar-refractivity contribution in [2.24, 2.45) is 0 Å². The molecule has 1 aliphatic carbocycles. The predicted octanol–water partition coefficient (Wildman–Crippen LogP) is 3.20. The molecule has 0 radical (unpaired) electrons. The van der Waals surface area contributed by atoms with Gasteiger partial charge in [0.1, 0.15) is 0 Å². The summed E-state index contributed by atoms with van der Waals surface area (Å²) in [5.74, 6) is 1.66. The predicted molar refractivity (Wildman–Crippen MR) is 113 cm³/mol. The lowest BCUT2D eigenvalue weighted by atomic mass is 9.93. The van der Waals surface area contributed by atoms with Crippen molar-refractivity contribution in [3.63, 3.8) is 0 Å². The molecule has 1 saturated heterocycles. The van der Waals surface area contributed by atoms with Crippen LogP contribution in [0.5, 0.6) is 0 Å². The number of ketones is 1. The number of carbonyl (C=O) groups excluding carboxylic acids is 2. The number of rotatable bonds is 6. The number of fused-ring (bicyclic) bond motifs is 1. The van der Waals surface area contributed by atoms with Gasteiger partial charge >= 0.3 is 0 Å². The first-order valence-corrected chi connectivity index (χ1v) is 10.8. The van der Waals surface area contributed by atoms with Gasteiger partial charge in [-0.1, -0.05) is 24.2 Å². The maximum Gasteiger partial charge on any atom is 0.226 e. The molecule has 2 aromatic heterocycles. The summed E-state index contributed by atoms with van der Waals surface area (Å²) in [7, 11) is 0. The number of carbonyl (C=O) groups is 2. The van der Waals surface area contributed by atoms with E-state index in [1.54, 1.807) is 18.0 Å². The Hall–Kier alpha value is -3.29. The van der Waals surface area contributed by atoms with Crippen LogP contribution in [0.3, 0.4) is 0 Å². The van der Waals surface area contributed by atoms with E-state index < -0.39 is 0 Å². The molecule has 1 aliphatic heterocycles. The Labute approximate surface area is 180 Å². The molecule has 3 aromatic rings. The van der Waals surface area contributed by atoms with Crippen molar-refractivity contribution in [2.75, 3.05) is 13.1 Å². The lowest BCUT2D eigenvalue weighted by molar-refractivity contribution is -0.134. The summed E-state index contributed by atoms with van der Waals surface area (Å²) in [5, 5.41) is 8.42. The Kier molecular flexibility index (Phi) is 4.92. The lowest BCUT2D eigenvalue weighted by Crippen LogP contribution is -2.49. The van der Waals surface area contributed by atoms with Crippen LogP contribution >= 0.6 is 0 Å². The molecule has 1 aromatic carbocycles. The molecule has 5 rings (SSSR count). The van der Waals surface area contributed by atoms with Crippen LogP contribution in [0.4, 0.5) is 0 Å². The fourth-order valence-electron chi connectivity index (χ4n) is 4.48. The molecular weight excluding hydrogens is 394 g/mol. The van der Waals surface area contributed by atoms with Crippen molar-refractivity contribution in [3.8, 4) is 11.4 Å². The van der Waals surface area contributed by atoms with Crippen LogP contribution in [0.2, 0.25) is 0 Å². The van der Waals surface area contributed by atoms with E-state index in [1.807, 2.05) is 23.9 Å². The van der Waals surface area contributed by atoms with Crippen LogP contribution in [0.1, 0.15) is 66.0 Å². The number of nitrogens with zero attached hydrogens (tertiary/aromatic N) is 5. The number of hydrogen-bond acceptors (Lipinski definition) is 6. The van der Waals surface area contributed by atoms with E-state index in [0.29, 0.717) is 43.2 Å². The maximum atomic E-state index is 12.9. The van der Waals surface area contributed by atoms with Crippen LogP contribution in [0.25, 0.3) is 11.4 Å². The highest BCUT2D eigenvalue weighted by atomic mass is 16.5. The van der Waals surface area contributed by atoms with Gasteiger partial charge in [0.15, 0.2) is 5.78 Å². The van der Waals surface area contributed by atoms with Crippen LogP contribution in [0, 0.1) is 0 Å². The molecule has 3 heterocycles. The normalized spacial score (nSPS) is 18.1. The topological polar surface area (TPSA) is 94.1 Å². The number of hydrogen-bond donors (Lipinski definition) is 0. The minimum Gasteiger partial charge on any atom is -0.339 e. The summed E-state index contributed by atoms with van der Waals surface area (Å²) >= 11 is 0. The average molecular weight is 419 g/mol. The van der Waals surface area contributed by atoms with Crippen molar-refractivity contribution in [1.82, 2.24) is 24.8 Å². The molecule has 1 atom stereocenters. The van der Waals surface area contributed by atoms with E-state index in [-0.39, 0.29) is 23.7 Å². The van der Waals surface area contributed by atoms with Gasteiger partial charge in [0, 0.05) is 44.6 Å². The van der Waals surface area contributed by atoms with Crippen molar-refractivity contribution in [3.05, 3.63) is 53.2 Å². The van der Waals surface area contributed by atoms with Crippen molar-refractivity contribution < 1.29 is 14.1 Å². The highest BCUT2D eigenvalue weighted by Gasteiger charge is 2.31. The molecule has 0 N–H and O–H groups in total. The molecule has 1 fully saturated rings. The van der Waals surface area contributed by atoms with Crippen LogP contribution in [-0.4, -0.2) is 49.6 Å². The summed E-state index contributed by atoms with van der Waals surface area (Å²) in [6, 6.07) is 6.40. The molecule has 0 unspecified atom stereocenters. The maximum absolute atomic E-state index is 12.9. The van der Waals surface area contributed by atoms with Crippen molar-refractivity contribution in [1.29, 1.82) is 0 Å². The van der Waals surface area contributed by atoms with Gasteiger partial charge in [-0.05, 0) is 36.0 Å². The SMILES string of the molecule is CCc1nc(-c2ccc3c(c2)CC[C@H]3CC(=O)c2cnn(C3CN(C(C)=O)C3)c2)no1. The zero-order valence-corrected chi connectivity index (χ0v) is 17.7. The van der Waals surface area contributed by atoms with Gasteiger partial charge < -0.3 is 9.42 Å². The molecule has 2 aliphatic rings. The van der Waals surface area contributed by atoms with E-state index in [0.717, 1.165) is 18.4 Å². The summed E-state index contributed by atoms with van der Waals surface area (Å²) in [5.41, 5.74) is 4.09. The minimum absolute atomic E-state index is 0.0768. The minimum atomic E-state index is 0.0768. The van der Waals surface area contributed by atoms with Crippen LogP contribution < -0.4 is 0 Å². The third-order valence-electron chi connectivity index (χ3n) is 6.41. The van der Waals surface area contributed by atoms with E-state index >= 15 is 0 Å². The average Bonchev–Trinajstić information content (AvgIpc) is 3.46. The van der Waals surface area contributed by atoms with Crippen LogP contribution in [0.15, 0.2) is 35.1 Å². The van der Waals surface area contributed by atoms with Gasteiger partial charge in [-0.3, -0.25) is 14.3 Å². The van der Waals surface area contributed by atoms with E-state index in [2.05, 4.69) is 27.4 Å². The fraction of sp³-hybridized carbons (Fsp3) is 0.435. The summed E-state index contributed by atoms with van der Waals surface area (Å²) in [6.07, 6.45) is 6.58. The second kappa shape index (κ2) is 7.76. The fourth-order valence-corrected chi connectivity index (χ4v) is 4.48. The molecule has 0 saturated carbocycles. The molecule has 1 amide bonds. The van der Waals surface area contributed by atoms with Crippen molar-refractivity contribution >= 4 is 11.7 Å². The van der Waals surface area contributed by atoms with Gasteiger partial charge in [-0.15, -0.1) is 0 Å². The Bertz CT molecular complexity index is 1140. The molecular formula is C23H25N5O3. The van der Waals surface area contributed by atoms with Gasteiger partial charge in [0.2, 0.25) is 17.6 Å². The Balaban J connectivity index is 1.25. The van der Waals surface area contributed by atoms with Gasteiger partial charge in [0.05, 0.1) is 17.8 Å². The molecule has 160 valence electrons. The van der Waals surface area contributed by atoms with E-state index in [4.69, 9.17) is 4.52 Å². The number of aryl methyl sites for hydroxylation is 2. The summed E-state index contributed by atoms with van der Waals surface area (Å²) in [6.45, 7) is 4.87. The van der Waals surface area contributed by atoms with E-state index in [9.17, 15) is 9.59 Å². The standard InChI is InChI=1S/C23H25N5O3/c1-3-22-25-23(26-31-22)17-6-7-20-15(8-17)4-5-16(20)9-21(30)18-10-24-28(11-18)19-12-27(13-19)14(2)29/h6-8,10-11,16,19H,3-5,9,12-13H2,1-2H3/t16-/m0/s1. The van der Waals surface area contributed by atoms with Gasteiger partial charge in [-0.2, -0.15) is 10.1 Å². The molecule has 0 bridgehead atoms. The third kappa shape index (κ3) is 3.66. The summed E-state index contributed by atoms with van der Waals surface area (Å²) < 4.78 is 7.04. The molecule has 8 nitrogen and oxygen atoms in total. The van der Waals surface area contributed by atoms with Gasteiger partial charge in [-0.25, -0.2) is 0 Å². The highest BCUT2D eigenvalue weighted by Crippen LogP contribution is 2.38.